The molecule has 0 spiro atoms. The average Bonchev–Trinajstić information content (AvgIpc) is 2.94. The predicted molar refractivity (Wildman–Crippen MR) is 93.1 cm³/mol. The fourth-order valence-corrected chi connectivity index (χ4v) is 2.43. The number of amides is 1. The van der Waals surface area contributed by atoms with Crippen molar-refractivity contribution in [1.82, 2.24) is 4.90 Å². The van der Waals surface area contributed by atoms with Gasteiger partial charge in [0.05, 0.1) is 25.7 Å². The Bertz CT molecular complexity index is 525. The largest absolute Gasteiger partial charge is 0.665 e. The average molecular weight is 403 g/mol. The monoisotopic (exact) mass is 403 g/mol. The number of carbonyl (C=O) groups excluding carboxylic acids is 1. The molecule has 24 heavy (non-hydrogen) atoms. The molecular weight excluding hydrogens is 378 g/mol. The Morgan fingerprint density at radius 3 is 2.83 bits per heavy atom. The molecule has 2 rings (SSSR count). The Morgan fingerprint density at radius 2 is 2.21 bits per heavy atom. The molecule has 1 aliphatic rings. The third-order valence-corrected chi connectivity index (χ3v) is 3.59. The van der Waals surface area contributed by atoms with E-state index in [-0.39, 0.29) is 51.0 Å². The second-order valence-electron chi connectivity index (χ2n) is 5.11. The number of benzene rings is 1. The minimum Gasteiger partial charge on any atom is -0.665 e. The van der Waals surface area contributed by atoms with Gasteiger partial charge in [-0.1, -0.05) is 44.5 Å². The number of carbonyl (C=O) groups is 1. The van der Waals surface area contributed by atoms with Crippen LogP contribution in [0, 0.1) is 7.11 Å². The van der Waals surface area contributed by atoms with Gasteiger partial charge in [0.25, 0.3) is 0 Å². The fourth-order valence-electron chi connectivity index (χ4n) is 2.43. The van der Waals surface area contributed by atoms with E-state index in [0.29, 0.717) is 18.7 Å². The van der Waals surface area contributed by atoms with Crippen LogP contribution >= 0.6 is 0 Å². The van der Waals surface area contributed by atoms with Gasteiger partial charge in [0, 0.05) is 45.7 Å². The molecule has 2 atom stereocenters. The Morgan fingerprint density at radius 1 is 1.50 bits per heavy atom. The summed E-state index contributed by atoms with van der Waals surface area (Å²) >= 11 is 0. The summed E-state index contributed by atoms with van der Waals surface area (Å²) in [6, 6.07) is 7.51. The van der Waals surface area contributed by atoms with Crippen molar-refractivity contribution in [2.45, 2.75) is 51.7 Å². The smallest absolute Gasteiger partial charge is 0.223 e. The van der Waals surface area contributed by atoms with Crippen LogP contribution in [0.5, 0.6) is 5.75 Å². The molecule has 1 fully saturated rings. The number of aliphatic hydroxyl groups excluding tert-OH is 1. The maximum absolute atomic E-state index is 12.0. The third kappa shape index (κ3) is 7.08. The van der Waals surface area contributed by atoms with Crippen LogP contribution in [-0.4, -0.2) is 35.9 Å². The molecule has 1 N–H and O–H groups in total. The van der Waals surface area contributed by atoms with Crippen LogP contribution in [0.2, 0.25) is 6.32 Å². The SMILES string of the molecule is CC.[B]CC(O)C=CC1CCC(=O)N1Cc1cccc(O[CH2-])c1.[Y]. The Kier molecular flexibility index (Phi) is 12.3. The number of hydrogen-bond acceptors (Lipinski definition) is 3. The second kappa shape index (κ2) is 12.7. The van der Waals surface area contributed by atoms with E-state index in [1.54, 1.807) is 6.08 Å². The van der Waals surface area contributed by atoms with Crippen LogP contribution < -0.4 is 4.74 Å². The molecule has 0 aliphatic carbocycles. The van der Waals surface area contributed by atoms with Gasteiger partial charge in [0.2, 0.25) is 5.91 Å². The number of likely N-dealkylation sites (tertiary alicyclic amines) is 1. The van der Waals surface area contributed by atoms with Crippen molar-refractivity contribution in [1.29, 1.82) is 0 Å². The Labute approximate surface area is 171 Å². The Hall–Kier alpha value is -0.641. The molecule has 1 saturated heterocycles. The Balaban J connectivity index is 0.00000170. The fraction of sp³-hybridized carbons (Fsp3) is 0.444. The molecule has 0 saturated carbocycles. The van der Waals surface area contributed by atoms with E-state index >= 15 is 0 Å². The first-order valence-electron chi connectivity index (χ1n) is 8.01. The van der Waals surface area contributed by atoms with Crippen LogP contribution in [-0.2, 0) is 44.0 Å². The molecule has 1 aliphatic heterocycles. The maximum atomic E-state index is 12.0. The summed E-state index contributed by atoms with van der Waals surface area (Å²) in [5.74, 6) is 0.789. The van der Waals surface area contributed by atoms with E-state index in [9.17, 15) is 9.90 Å². The van der Waals surface area contributed by atoms with Gasteiger partial charge < -0.3 is 14.7 Å². The van der Waals surface area contributed by atoms with Crippen LogP contribution in [0.4, 0.5) is 0 Å². The van der Waals surface area contributed by atoms with Crippen LogP contribution in [0.3, 0.4) is 0 Å². The standard InChI is InChI=1S/C16H19BNO3.C2H6.Y/c1-21-15-4-2-3-12(9-15)11-18-13(6-8-16(18)20)5-7-14(19)10-17;1-2;/h2-5,7,9,13-14,19H,1,6,8,10-11H2;1-2H3;/q-1;;. The maximum Gasteiger partial charge on any atom is 0.223 e. The number of rotatable bonds is 6. The van der Waals surface area contributed by atoms with Gasteiger partial charge >= 0.3 is 0 Å². The van der Waals surface area contributed by atoms with Gasteiger partial charge in [-0.05, 0) is 24.1 Å². The molecular formula is C18H25BNO3Y-. The van der Waals surface area contributed by atoms with Gasteiger partial charge in [0.15, 0.2) is 0 Å². The zero-order valence-electron chi connectivity index (χ0n) is 14.5. The number of nitrogens with zero attached hydrogens (tertiary/aromatic N) is 1. The van der Waals surface area contributed by atoms with Crippen LogP contribution in [0.25, 0.3) is 0 Å². The zero-order chi connectivity index (χ0) is 17.2. The first-order chi connectivity index (χ1) is 11.1. The molecule has 3 radical (unpaired) electrons. The van der Waals surface area contributed by atoms with E-state index in [0.717, 1.165) is 12.0 Å². The van der Waals surface area contributed by atoms with Crippen molar-refractivity contribution in [2.24, 2.45) is 0 Å². The summed E-state index contributed by atoms with van der Waals surface area (Å²) in [5.41, 5.74) is 0.990. The van der Waals surface area contributed by atoms with Crippen molar-refractivity contribution in [3.05, 3.63) is 49.1 Å². The first-order valence-corrected chi connectivity index (χ1v) is 8.01. The topological polar surface area (TPSA) is 49.8 Å². The van der Waals surface area contributed by atoms with E-state index in [4.69, 9.17) is 12.6 Å². The van der Waals surface area contributed by atoms with Crippen molar-refractivity contribution < 1.29 is 47.3 Å². The molecule has 127 valence electrons. The molecule has 0 aromatic heterocycles. The predicted octanol–water partition coefficient (Wildman–Crippen LogP) is 2.88. The molecule has 2 unspecified atom stereocenters. The van der Waals surface area contributed by atoms with E-state index in [1.807, 2.05) is 49.1 Å². The molecule has 1 aromatic rings. The van der Waals surface area contributed by atoms with Gasteiger partial charge in [-0.3, -0.25) is 4.79 Å². The number of ether oxygens (including phenoxy) is 1. The zero-order valence-corrected chi connectivity index (χ0v) is 17.4. The quantitative estimate of drug-likeness (QED) is 0.452. The third-order valence-electron chi connectivity index (χ3n) is 3.59. The van der Waals surface area contributed by atoms with E-state index < -0.39 is 6.10 Å². The number of aliphatic hydroxyl groups is 1. The van der Waals surface area contributed by atoms with Crippen LogP contribution in [0.15, 0.2) is 36.4 Å². The summed E-state index contributed by atoms with van der Waals surface area (Å²) in [4.78, 5) is 13.8. The van der Waals surface area contributed by atoms with Gasteiger partial charge in [-0.25, -0.2) is 0 Å². The minimum absolute atomic E-state index is 0. The molecule has 4 nitrogen and oxygen atoms in total. The van der Waals surface area contributed by atoms with E-state index in [2.05, 4.69) is 7.11 Å². The number of hydrogen-bond donors (Lipinski definition) is 1. The van der Waals surface area contributed by atoms with E-state index in [1.165, 1.54) is 0 Å². The second-order valence-corrected chi connectivity index (χ2v) is 5.11. The minimum atomic E-state index is -0.662. The van der Waals surface area contributed by atoms with Gasteiger partial charge in [-0.15, -0.1) is 0 Å². The summed E-state index contributed by atoms with van der Waals surface area (Å²) < 4.78 is 4.95. The van der Waals surface area contributed by atoms with Crippen molar-refractivity contribution in [3.63, 3.8) is 0 Å². The normalized spacial score (nSPS) is 17.9. The summed E-state index contributed by atoms with van der Waals surface area (Å²) in [6.07, 6.45) is 4.33. The van der Waals surface area contributed by atoms with Gasteiger partial charge in [-0.2, -0.15) is 7.11 Å². The molecule has 6 heteroatoms. The van der Waals surface area contributed by atoms with Crippen LogP contribution in [0.1, 0.15) is 32.3 Å². The van der Waals surface area contributed by atoms with Crippen molar-refractivity contribution in [3.8, 4) is 5.75 Å². The first kappa shape index (κ1) is 23.4. The molecule has 1 aromatic carbocycles. The summed E-state index contributed by atoms with van der Waals surface area (Å²) in [6.45, 7) is 4.52. The summed E-state index contributed by atoms with van der Waals surface area (Å²) in [7, 11) is 8.76. The summed E-state index contributed by atoms with van der Waals surface area (Å²) in [5, 5.41) is 9.49. The molecule has 1 amide bonds. The van der Waals surface area contributed by atoms with Crippen molar-refractivity contribution >= 4 is 13.8 Å². The van der Waals surface area contributed by atoms with Crippen molar-refractivity contribution in [2.75, 3.05) is 0 Å². The molecule has 1 heterocycles. The molecule has 0 bridgehead atoms. The van der Waals surface area contributed by atoms with Gasteiger partial charge in [0.1, 0.15) is 0 Å².